The summed E-state index contributed by atoms with van der Waals surface area (Å²) in [6.07, 6.45) is 0.842. The molecule has 0 fully saturated rings. The van der Waals surface area contributed by atoms with Crippen molar-refractivity contribution in [3.8, 4) is 10.7 Å². The average Bonchev–Trinajstić information content (AvgIpc) is 2.96. The van der Waals surface area contributed by atoms with E-state index in [4.69, 9.17) is 5.73 Å². The topological polar surface area (TPSA) is 51.8 Å². The molecule has 0 saturated heterocycles. The minimum atomic E-state index is 0.645. The van der Waals surface area contributed by atoms with Crippen LogP contribution >= 0.6 is 22.7 Å². The zero-order valence-corrected chi connectivity index (χ0v) is 11.6. The SMILES string of the molecule is Cc1cccc2sc(-c3csc(CCN)n3)nc12. The highest BCUT2D eigenvalue weighted by atomic mass is 32.1. The highest BCUT2D eigenvalue weighted by molar-refractivity contribution is 7.22. The van der Waals surface area contributed by atoms with Crippen molar-refractivity contribution in [2.45, 2.75) is 13.3 Å². The second kappa shape index (κ2) is 4.76. The normalized spacial score (nSPS) is 11.2. The summed E-state index contributed by atoms with van der Waals surface area (Å²) in [4.78, 5) is 9.27. The number of nitrogens with two attached hydrogens (primary N) is 1. The van der Waals surface area contributed by atoms with E-state index in [1.165, 1.54) is 10.3 Å². The van der Waals surface area contributed by atoms with Gasteiger partial charge in [-0.15, -0.1) is 22.7 Å². The summed E-state index contributed by atoms with van der Waals surface area (Å²) in [6.45, 7) is 2.73. The van der Waals surface area contributed by atoms with Gasteiger partial charge in [0, 0.05) is 11.8 Å². The van der Waals surface area contributed by atoms with E-state index < -0.39 is 0 Å². The summed E-state index contributed by atoms with van der Waals surface area (Å²) in [6, 6.07) is 6.27. The highest BCUT2D eigenvalue weighted by Gasteiger charge is 2.10. The molecule has 5 heteroatoms. The maximum absolute atomic E-state index is 5.54. The number of aryl methyl sites for hydroxylation is 1. The number of fused-ring (bicyclic) bond motifs is 1. The number of hydrogen-bond acceptors (Lipinski definition) is 5. The largest absolute Gasteiger partial charge is 0.330 e. The number of aromatic nitrogens is 2. The predicted molar refractivity (Wildman–Crippen MR) is 78.2 cm³/mol. The van der Waals surface area contributed by atoms with Crippen LogP contribution in [-0.4, -0.2) is 16.5 Å². The summed E-state index contributed by atoms with van der Waals surface area (Å²) in [5.74, 6) is 0. The van der Waals surface area contributed by atoms with Crippen LogP contribution in [-0.2, 0) is 6.42 Å². The number of nitrogens with zero attached hydrogens (tertiary/aromatic N) is 2. The molecule has 2 N–H and O–H groups in total. The molecular weight excluding hydrogens is 262 g/mol. The van der Waals surface area contributed by atoms with E-state index in [1.54, 1.807) is 22.7 Å². The average molecular weight is 275 g/mol. The summed E-state index contributed by atoms with van der Waals surface area (Å²) in [5.41, 5.74) is 8.82. The molecule has 0 atom stereocenters. The van der Waals surface area contributed by atoms with E-state index in [2.05, 4.69) is 40.5 Å². The zero-order valence-electron chi connectivity index (χ0n) is 10.0. The van der Waals surface area contributed by atoms with Crippen molar-refractivity contribution in [2.24, 2.45) is 5.73 Å². The molecule has 0 aliphatic carbocycles. The van der Waals surface area contributed by atoms with Crippen molar-refractivity contribution in [3.63, 3.8) is 0 Å². The van der Waals surface area contributed by atoms with Gasteiger partial charge < -0.3 is 5.73 Å². The van der Waals surface area contributed by atoms with E-state index in [0.29, 0.717) is 6.54 Å². The molecule has 0 saturated carbocycles. The van der Waals surface area contributed by atoms with Crippen LogP contribution < -0.4 is 5.73 Å². The van der Waals surface area contributed by atoms with Gasteiger partial charge in [0.2, 0.25) is 0 Å². The fraction of sp³-hybridized carbons (Fsp3) is 0.231. The van der Waals surface area contributed by atoms with Gasteiger partial charge in [0.1, 0.15) is 10.7 Å². The second-order valence-electron chi connectivity index (χ2n) is 4.11. The first kappa shape index (κ1) is 11.8. The lowest BCUT2D eigenvalue weighted by atomic mass is 10.2. The molecule has 2 aromatic heterocycles. The lowest BCUT2D eigenvalue weighted by Gasteiger charge is -1.90. The minimum Gasteiger partial charge on any atom is -0.330 e. The van der Waals surface area contributed by atoms with Crippen molar-refractivity contribution in [2.75, 3.05) is 6.54 Å². The van der Waals surface area contributed by atoms with E-state index in [0.717, 1.165) is 27.6 Å². The molecule has 2 heterocycles. The molecule has 3 nitrogen and oxygen atoms in total. The van der Waals surface area contributed by atoms with Crippen LogP contribution in [0.25, 0.3) is 20.9 Å². The molecular formula is C13H13N3S2. The summed E-state index contributed by atoms with van der Waals surface area (Å²) >= 11 is 3.36. The van der Waals surface area contributed by atoms with Crippen LogP contribution in [0.1, 0.15) is 10.6 Å². The Morgan fingerprint density at radius 3 is 2.94 bits per heavy atom. The fourth-order valence-electron chi connectivity index (χ4n) is 1.84. The Labute approximate surface area is 113 Å². The molecule has 0 radical (unpaired) electrons. The number of hydrogen-bond donors (Lipinski definition) is 1. The van der Waals surface area contributed by atoms with Gasteiger partial charge in [0.15, 0.2) is 0 Å². The number of thiazole rings is 2. The maximum atomic E-state index is 5.54. The number of rotatable bonds is 3. The molecule has 0 aliphatic rings. The first-order valence-electron chi connectivity index (χ1n) is 5.79. The molecule has 1 aromatic carbocycles. The van der Waals surface area contributed by atoms with Gasteiger partial charge in [-0.25, -0.2) is 9.97 Å². The molecule has 0 aliphatic heterocycles. The van der Waals surface area contributed by atoms with Crippen molar-refractivity contribution in [1.82, 2.24) is 9.97 Å². The van der Waals surface area contributed by atoms with Crippen molar-refractivity contribution in [1.29, 1.82) is 0 Å². The van der Waals surface area contributed by atoms with E-state index >= 15 is 0 Å². The van der Waals surface area contributed by atoms with Crippen LogP contribution in [0, 0.1) is 6.92 Å². The van der Waals surface area contributed by atoms with Crippen LogP contribution in [0.5, 0.6) is 0 Å². The van der Waals surface area contributed by atoms with Crippen molar-refractivity contribution >= 4 is 32.9 Å². The van der Waals surface area contributed by atoms with Gasteiger partial charge >= 0.3 is 0 Å². The molecule has 18 heavy (non-hydrogen) atoms. The fourth-order valence-corrected chi connectivity index (χ4v) is 3.72. The molecule has 3 aromatic rings. The Bertz CT molecular complexity index is 684. The summed E-state index contributed by atoms with van der Waals surface area (Å²) in [7, 11) is 0. The standard InChI is InChI=1S/C13H13N3S2/c1-8-3-2-4-10-12(8)16-13(18-10)9-7-17-11(15-9)5-6-14/h2-4,7H,5-6,14H2,1H3. The van der Waals surface area contributed by atoms with Gasteiger partial charge in [0.05, 0.1) is 15.2 Å². The first-order chi connectivity index (χ1) is 8.78. The Hall–Kier alpha value is -1.30. The van der Waals surface area contributed by atoms with Crippen LogP contribution in [0.3, 0.4) is 0 Å². The number of para-hydroxylation sites is 1. The maximum Gasteiger partial charge on any atom is 0.144 e. The Morgan fingerprint density at radius 1 is 1.28 bits per heavy atom. The minimum absolute atomic E-state index is 0.645. The van der Waals surface area contributed by atoms with Crippen LogP contribution in [0.15, 0.2) is 23.6 Å². The van der Waals surface area contributed by atoms with Crippen LogP contribution in [0.2, 0.25) is 0 Å². The first-order valence-corrected chi connectivity index (χ1v) is 7.48. The molecule has 0 unspecified atom stereocenters. The molecule has 92 valence electrons. The smallest absolute Gasteiger partial charge is 0.144 e. The highest BCUT2D eigenvalue weighted by Crippen LogP contribution is 2.32. The molecule has 0 bridgehead atoms. The summed E-state index contributed by atoms with van der Waals surface area (Å²) in [5, 5.41) is 4.15. The quantitative estimate of drug-likeness (QED) is 0.798. The Morgan fingerprint density at radius 2 is 2.17 bits per heavy atom. The molecule has 0 amide bonds. The van der Waals surface area contributed by atoms with Gasteiger partial charge in [-0.05, 0) is 25.1 Å². The third-order valence-electron chi connectivity index (χ3n) is 2.75. The summed E-state index contributed by atoms with van der Waals surface area (Å²) < 4.78 is 1.22. The number of benzene rings is 1. The monoisotopic (exact) mass is 275 g/mol. The molecule has 0 spiro atoms. The lowest BCUT2D eigenvalue weighted by molar-refractivity contribution is 0.954. The van der Waals surface area contributed by atoms with Gasteiger partial charge in [-0.1, -0.05) is 12.1 Å². The van der Waals surface area contributed by atoms with Crippen molar-refractivity contribution in [3.05, 3.63) is 34.2 Å². The van der Waals surface area contributed by atoms with E-state index in [1.807, 2.05) is 0 Å². The zero-order chi connectivity index (χ0) is 12.5. The lowest BCUT2D eigenvalue weighted by Crippen LogP contribution is -2.01. The van der Waals surface area contributed by atoms with E-state index in [9.17, 15) is 0 Å². The third-order valence-corrected chi connectivity index (χ3v) is 4.70. The van der Waals surface area contributed by atoms with E-state index in [-0.39, 0.29) is 0 Å². The van der Waals surface area contributed by atoms with Gasteiger partial charge in [0.25, 0.3) is 0 Å². The van der Waals surface area contributed by atoms with Crippen molar-refractivity contribution < 1.29 is 0 Å². The second-order valence-corrected chi connectivity index (χ2v) is 6.08. The predicted octanol–water partition coefficient (Wildman–Crippen LogP) is 3.23. The molecule has 3 rings (SSSR count). The Kier molecular flexibility index (Phi) is 3.11. The van der Waals surface area contributed by atoms with Crippen LogP contribution in [0.4, 0.5) is 0 Å². The Balaban J connectivity index is 2.05. The van der Waals surface area contributed by atoms with Gasteiger partial charge in [-0.3, -0.25) is 0 Å². The third kappa shape index (κ3) is 2.05. The van der Waals surface area contributed by atoms with Gasteiger partial charge in [-0.2, -0.15) is 0 Å².